The lowest BCUT2D eigenvalue weighted by Gasteiger charge is -2.30. The maximum atomic E-state index is 13.4. The molecule has 3 aromatic rings. The van der Waals surface area contributed by atoms with E-state index in [1.165, 1.54) is 0 Å². The van der Waals surface area contributed by atoms with E-state index in [-0.39, 0.29) is 22.5 Å². The molecule has 200 valence electrons. The van der Waals surface area contributed by atoms with Crippen molar-refractivity contribution in [3.63, 3.8) is 0 Å². The summed E-state index contributed by atoms with van der Waals surface area (Å²) in [5, 5.41) is 25.2. The van der Waals surface area contributed by atoms with Crippen molar-refractivity contribution >= 4 is 62.4 Å². The summed E-state index contributed by atoms with van der Waals surface area (Å²) in [7, 11) is 0. The Hall–Kier alpha value is -3.12. The van der Waals surface area contributed by atoms with E-state index in [2.05, 4.69) is 26.6 Å². The Kier molecular flexibility index (Phi) is 9.26. The normalized spacial score (nSPS) is 14.5. The van der Waals surface area contributed by atoms with Gasteiger partial charge in [0.15, 0.2) is 23.3 Å². The quantitative estimate of drug-likeness (QED) is 0.237. The third-order valence-corrected chi connectivity index (χ3v) is 8.46. The number of aromatic carboxylic acids is 1. The Labute approximate surface area is 235 Å². The maximum absolute atomic E-state index is 13.4. The molecule has 0 spiro atoms. The molecule has 9 nitrogen and oxygen atoms in total. The first-order chi connectivity index (χ1) is 18.2. The van der Waals surface area contributed by atoms with E-state index in [1.807, 2.05) is 0 Å². The first kappa shape index (κ1) is 27.9. The standard InChI is InChI=1S/C26H24BrClN2O7S/c27-20-22(36-13-19(31)32)24(26(34)35)38-23(20)15-4-3-5-16(12-15)37-21(14-8-10-29-11-9-14)25(33)30-18-7-2-1-6-17(18)28/h1-7,12,14,21,29H,8-11,13H2,(H,30,33)(H,31,32)(H,34,35). The highest BCUT2D eigenvalue weighted by Crippen LogP contribution is 2.46. The van der Waals surface area contributed by atoms with Crippen molar-refractivity contribution in [3.05, 3.63) is 62.9 Å². The van der Waals surface area contributed by atoms with Gasteiger partial charge in [0.1, 0.15) is 5.75 Å². The van der Waals surface area contributed by atoms with Crippen molar-refractivity contribution in [2.45, 2.75) is 18.9 Å². The molecule has 4 rings (SSSR count). The van der Waals surface area contributed by atoms with Gasteiger partial charge in [-0.05, 0) is 71.7 Å². The lowest BCUT2D eigenvalue weighted by molar-refractivity contribution is -0.139. The minimum Gasteiger partial charge on any atom is -0.480 e. The summed E-state index contributed by atoms with van der Waals surface area (Å²) in [6.45, 7) is 0.850. The van der Waals surface area contributed by atoms with Gasteiger partial charge in [0.25, 0.3) is 5.91 Å². The van der Waals surface area contributed by atoms with Crippen LogP contribution in [0.3, 0.4) is 0 Å². The van der Waals surface area contributed by atoms with E-state index in [9.17, 15) is 19.5 Å². The highest BCUT2D eigenvalue weighted by Gasteiger charge is 2.32. The van der Waals surface area contributed by atoms with Crippen LogP contribution in [0.15, 0.2) is 53.0 Å². The minimum atomic E-state index is -1.24. The van der Waals surface area contributed by atoms with Crippen molar-refractivity contribution in [1.29, 1.82) is 0 Å². The largest absolute Gasteiger partial charge is 0.480 e. The number of thiophene rings is 1. The molecule has 1 aliphatic rings. The van der Waals surface area contributed by atoms with Crippen LogP contribution in [-0.2, 0) is 9.59 Å². The van der Waals surface area contributed by atoms with E-state index in [0.717, 1.165) is 37.3 Å². The number of rotatable bonds is 10. The summed E-state index contributed by atoms with van der Waals surface area (Å²) in [5.74, 6) is -2.45. The van der Waals surface area contributed by atoms with E-state index in [0.29, 0.717) is 31.4 Å². The number of carboxylic acids is 2. The van der Waals surface area contributed by atoms with E-state index < -0.39 is 24.6 Å². The number of ether oxygens (including phenoxy) is 2. The Morgan fingerprint density at radius 2 is 1.87 bits per heavy atom. The Morgan fingerprint density at radius 3 is 2.55 bits per heavy atom. The van der Waals surface area contributed by atoms with Crippen molar-refractivity contribution in [1.82, 2.24) is 5.32 Å². The molecule has 1 unspecified atom stereocenters. The molecular weight excluding hydrogens is 600 g/mol. The number of nitrogens with one attached hydrogen (secondary N) is 2. The van der Waals surface area contributed by atoms with Gasteiger partial charge in [-0.1, -0.05) is 35.9 Å². The smallest absolute Gasteiger partial charge is 0.349 e. The fraction of sp³-hybridized carbons (Fsp3) is 0.269. The van der Waals surface area contributed by atoms with E-state index in [4.69, 9.17) is 26.2 Å². The molecule has 0 aliphatic carbocycles. The number of anilines is 1. The average Bonchev–Trinajstić information content (AvgIpc) is 3.24. The summed E-state index contributed by atoms with van der Waals surface area (Å²) in [6.07, 6.45) is 0.714. The molecule has 1 saturated heterocycles. The third kappa shape index (κ3) is 6.65. The molecule has 2 aromatic carbocycles. The van der Waals surface area contributed by atoms with Crippen molar-refractivity contribution in [2.24, 2.45) is 5.92 Å². The van der Waals surface area contributed by atoms with E-state index in [1.54, 1.807) is 48.5 Å². The second-order valence-electron chi connectivity index (χ2n) is 8.51. The molecule has 12 heteroatoms. The second kappa shape index (κ2) is 12.6. The molecule has 1 aliphatic heterocycles. The topological polar surface area (TPSA) is 134 Å². The summed E-state index contributed by atoms with van der Waals surface area (Å²) < 4.78 is 11.8. The number of amides is 1. The zero-order chi connectivity index (χ0) is 27.2. The highest BCUT2D eigenvalue weighted by molar-refractivity contribution is 9.10. The molecule has 38 heavy (non-hydrogen) atoms. The number of carbonyl (C=O) groups is 3. The molecule has 0 bridgehead atoms. The number of hydrogen-bond acceptors (Lipinski definition) is 7. The zero-order valence-corrected chi connectivity index (χ0v) is 23.1. The van der Waals surface area contributed by atoms with Crippen molar-refractivity contribution in [2.75, 3.05) is 25.0 Å². The van der Waals surface area contributed by atoms with Crippen LogP contribution in [0, 0.1) is 5.92 Å². The van der Waals surface area contributed by atoms with Crippen LogP contribution in [-0.4, -0.2) is 53.9 Å². The molecule has 1 fully saturated rings. The predicted molar refractivity (Wildman–Crippen MR) is 148 cm³/mol. The molecule has 2 heterocycles. The SMILES string of the molecule is O=C(O)COc1c(C(=O)O)sc(-c2cccc(OC(C(=O)Nc3ccccc3Cl)C3CCNCC3)c2)c1Br. The van der Waals surface area contributed by atoms with Crippen LogP contribution in [0.4, 0.5) is 5.69 Å². The fourth-order valence-corrected chi connectivity index (χ4v) is 6.19. The van der Waals surface area contributed by atoms with Crippen molar-refractivity contribution < 1.29 is 34.1 Å². The van der Waals surface area contributed by atoms with Gasteiger partial charge in [0.2, 0.25) is 0 Å². The second-order valence-corrected chi connectivity index (χ2v) is 10.7. The van der Waals surface area contributed by atoms with Gasteiger partial charge in [-0.3, -0.25) is 4.79 Å². The monoisotopic (exact) mass is 622 g/mol. The number of halogens is 2. The Bertz CT molecular complexity index is 1340. The predicted octanol–water partition coefficient (Wildman–Crippen LogP) is 5.38. The lowest BCUT2D eigenvalue weighted by Crippen LogP contribution is -2.44. The number of carboxylic acid groups (broad SMARTS) is 2. The van der Waals surface area contributed by atoms with Crippen LogP contribution in [0.25, 0.3) is 10.4 Å². The zero-order valence-electron chi connectivity index (χ0n) is 19.9. The molecular formula is C26H24BrClN2O7S. The molecule has 0 saturated carbocycles. The molecule has 0 radical (unpaired) electrons. The van der Waals surface area contributed by atoms with Crippen molar-refractivity contribution in [3.8, 4) is 21.9 Å². The first-order valence-electron chi connectivity index (χ1n) is 11.7. The van der Waals surface area contributed by atoms with Gasteiger partial charge in [0, 0.05) is 5.92 Å². The van der Waals surface area contributed by atoms with Gasteiger partial charge < -0.3 is 30.3 Å². The lowest BCUT2D eigenvalue weighted by atomic mass is 9.91. The van der Waals surface area contributed by atoms with Gasteiger partial charge in [-0.2, -0.15) is 0 Å². The minimum absolute atomic E-state index is 0.0366. The fourth-order valence-electron chi connectivity index (χ4n) is 4.12. The van der Waals surface area contributed by atoms with Crippen LogP contribution < -0.4 is 20.1 Å². The van der Waals surface area contributed by atoms with Crippen LogP contribution in [0.2, 0.25) is 5.02 Å². The van der Waals surface area contributed by atoms with E-state index >= 15 is 0 Å². The molecule has 1 aromatic heterocycles. The summed E-state index contributed by atoms with van der Waals surface area (Å²) in [6, 6.07) is 13.9. The Morgan fingerprint density at radius 1 is 1.13 bits per heavy atom. The van der Waals surface area contributed by atoms with Gasteiger partial charge >= 0.3 is 11.9 Å². The number of hydrogen-bond donors (Lipinski definition) is 4. The number of benzene rings is 2. The average molecular weight is 624 g/mol. The summed E-state index contributed by atoms with van der Waals surface area (Å²) in [5.41, 5.74) is 1.11. The molecule has 4 N–H and O–H groups in total. The number of para-hydroxylation sites is 1. The summed E-state index contributed by atoms with van der Waals surface area (Å²) in [4.78, 5) is 36.5. The van der Waals surface area contributed by atoms with Crippen LogP contribution >= 0.6 is 38.9 Å². The Balaban J connectivity index is 1.63. The highest BCUT2D eigenvalue weighted by atomic mass is 79.9. The summed E-state index contributed by atoms with van der Waals surface area (Å²) >= 11 is 10.6. The van der Waals surface area contributed by atoms with Gasteiger partial charge in [-0.25, -0.2) is 9.59 Å². The van der Waals surface area contributed by atoms with Crippen LogP contribution in [0.5, 0.6) is 11.5 Å². The third-order valence-electron chi connectivity index (χ3n) is 5.90. The molecule has 1 amide bonds. The van der Waals surface area contributed by atoms with Gasteiger partial charge in [0.05, 0.1) is 20.1 Å². The van der Waals surface area contributed by atoms with Crippen LogP contribution in [0.1, 0.15) is 22.5 Å². The maximum Gasteiger partial charge on any atom is 0.349 e. The number of aliphatic carboxylic acids is 1. The molecule has 1 atom stereocenters. The number of piperidine rings is 1. The van der Waals surface area contributed by atoms with Gasteiger partial charge in [-0.15, -0.1) is 11.3 Å². The number of carbonyl (C=O) groups excluding carboxylic acids is 1. The first-order valence-corrected chi connectivity index (χ1v) is 13.7.